The molecule has 0 aliphatic heterocycles. The summed E-state index contributed by atoms with van der Waals surface area (Å²) >= 11 is 1.38. The molecule has 3 aromatic rings. The number of hydrogen-bond acceptors (Lipinski definition) is 7. The van der Waals surface area contributed by atoms with Crippen LogP contribution in [0, 0.1) is 0 Å². The van der Waals surface area contributed by atoms with E-state index in [2.05, 4.69) is 25.6 Å². The highest BCUT2D eigenvalue weighted by molar-refractivity contribution is 8.00. The van der Waals surface area contributed by atoms with Gasteiger partial charge in [0.1, 0.15) is 5.82 Å². The van der Waals surface area contributed by atoms with Crippen molar-refractivity contribution in [1.82, 2.24) is 20.3 Å². The summed E-state index contributed by atoms with van der Waals surface area (Å²) in [5.74, 6) is 0.716. The van der Waals surface area contributed by atoms with E-state index in [4.69, 9.17) is 4.74 Å². The highest BCUT2D eigenvalue weighted by Crippen LogP contribution is 2.28. The molecule has 2 N–H and O–H groups in total. The minimum absolute atomic E-state index is 0.0352. The number of nitrogens with zero attached hydrogens (tertiary/aromatic N) is 3. The maximum absolute atomic E-state index is 12.7. The minimum Gasteiger partial charge on any atom is -0.383 e. The van der Waals surface area contributed by atoms with Gasteiger partial charge in [0, 0.05) is 38.0 Å². The number of hydrogen-bond donors (Lipinski definition) is 2. The zero-order valence-electron chi connectivity index (χ0n) is 16.6. The van der Waals surface area contributed by atoms with Gasteiger partial charge in [-0.1, -0.05) is 36.9 Å². The zero-order valence-corrected chi connectivity index (χ0v) is 17.4. The summed E-state index contributed by atoms with van der Waals surface area (Å²) in [6.07, 6.45) is 4.14. The van der Waals surface area contributed by atoms with Crippen molar-refractivity contribution in [3.8, 4) is 0 Å². The Balaban J connectivity index is 1.73. The summed E-state index contributed by atoms with van der Waals surface area (Å²) in [5.41, 5.74) is 1.81. The number of pyridine rings is 1. The summed E-state index contributed by atoms with van der Waals surface area (Å²) in [7, 11) is 1.66. The van der Waals surface area contributed by atoms with Crippen LogP contribution < -0.4 is 10.6 Å². The van der Waals surface area contributed by atoms with E-state index in [0.29, 0.717) is 31.3 Å². The van der Waals surface area contributed by atoms with Crippen LogP contribution in [-0.2, 0) is 16.1 Å². The fourth-order valence-corrected chi connectivity index (χ4v) is 3.68. The number of ether oxygens (including phenoxy) is 1. The molecule has 0 aliphatic carbocycles. The lowest BCUT2D eigenvalue weighted by molar-refractivity contribution is -0.120. The fraction of sp³-hybridized carbons (Fsp3) is 0.333. The third-order valence-corrected chi connectivity index (χ3v) is 5.51. The second-order valence-corrected chi connectivity index (χ2v) is 7.56. The van der Waals surface area contributed by atoms with Crippen molar-refractivity contribution in [1.29, 1.82) is 0 Å². The Labute approximate surface area is 174 Å². The van der Waals surface area contributed by atoms with E-state index in [-0.39, 0.29) is 11.2 Å². The molecule has 0 spiro atoms. The topological polar surface area (TPSA) is 89.0 Å². The quantitative estimate of drug-likeness (QED) is 0.301. The molecule has 7 nitrogen and oxygen atoms in total. The zero-order chi connectivity index (χ0) is 20.5. The number of amides is 1. The van der Waals surface area contributed by atoms with E-state index in [1.807, 2.05) is 43.3 Å². The van der Waals surface area contributed by atoms with E-state index in [1.54, 1.807) is 19.5 Å². The largest absolute Gasteiger partial charge is 0.383 e. The first-order chi connectivity index (χ1) is 14.2. The maximum Gasteiger partial charge on any atom is 0.233 e. The Morgan fingerprint density at radius 2 is 2.07 bits per heavy atom. The first kappa shape index (κ1) is 21.0. The molecular weight excluding hydrogens is 386 g/mol. The van der Waals surface area contributed by atoms with E-state index in [0.717, 1.165) is 22.3 Å². The summed E-state index contributed by atoms with van der Waals surface area (Å²) < 4.78 is 5.11. The number of methoxy groups -OCH3 is 1. The first-order valence-corrected chi connectivity index (χ1v) is 10.4. The van der Waals surface area contributed by atoms with Gasteiger partial charge >= 0.3 is 0 Å². The molecule has 0 aliphatic rings. The van der Waals surface area contributed by atoms with Crippen molar-refractivity contribution < 1.29 is 9.53 Å². The number of aromatic nitrogens is 3. The Bertz CT molecular complexity index is 939. The van der Waals surface area contributed by atoms with Gasteiger partial charge in [-0.3, -0.25) is 9.78 Å². The molecule has 0 saturated heterocycles. The number of para-hydroxylation sites is 1. The summed E-state index contributed by atoms with van der Waals surface area (Å²) in [4.78, 5) is 26.0. The van der Waals surface area contributed by atoms with Crippen LogP contribution in [0.25, 0.3) is 10.9 Å². The molecule has 1 amide bonds. The SMILES string of the molecule is CC[C@@H](Sc1nc(NCCOC)c2ccccc2n1)C(=O)NCc1cccnc1. The van der Waals surface area contributed by atoms with Crippen LogP contribution in [0.1, 0.15) is 18.9 Å². The molecule has 3 rings (SSSR count). The number of fused-ring (bicyclic) bond motifs is 1. The minimum atomic E-state index is -0.278. The van der Waals surface area contributed by atoms with Crippen molar-refractivity contribution in [2.24, 2.45) is 0 Å². The number of nitrogens with one attached hydrogen (secondary N) is 2. The van der Waals surface area contributed by atoms with Gasteiger partial charge in [-0.15, -0.1) is 0 Å². The molecule has 1 aromatic carbocycles. The standard InChI is InChI=1S/C21H25N5O2S/c1-3-18(20(27)24-14-15-7-6-10-22-13-15)29-21-25-17-9-5-4-8-16(17)19(26-21)23-11-12-28-2/h4-10,13,18H,3,11-12,14H2,1-2H3,(H,24,27)(H,23,25,26)/t18-/m1/s1. The normalized spacial score (nSPS) is 11.9. The summed E-state index contributed by atoms with van der Waals surface area (Å²) in [6, 6.07) is 11.6. The molecule has 2 aromatic heterocycles. The van der Waals surface area contributed by atoms with Gasteiger partial charge in [0.05, 0.1) is 17.4 Å². The van der Waals surface area contributed by atoms with Gasteiger partial charge < -0.3 is 15.4 Å². The first-order valence-electron chi connectivity index (χ1n) is 9.54. The second kappa shape index (κ2) is 10.7. The lowest BCUT2D eigenvalue weighted by Gasteiger charge is -2.15. The van der Waals surface area contributed by atoms with Crippen LogP contribution in [-0.4, -0.2) is 46.4 Å². The number of benzene rings is 1. The summed E-state index contributed by atoms with van der Waals surface area (Å²) in [6.45, 7) is 3.66. The van der Waals surface area contributed by atoms with Gasteiger partial charge in [0.25, 0.3) is 0 Å². The molecule has 1 atom stereocenters. The lowest BCUT2D eigenvalue weighted by atomic mass is 10.2. The van der Waals surface area contributed by atoms with Crippen molar-refractivity contribution >= 4 is 34.4 Å². The van der Waals surface area contributed by atoms with Crippen LogP contribution in [0.15, 0.2) is 53.9 Å². The Hall–Kier alpha value is -2.71. The predicted octanol–water partition coefficient (Wildman–Crippen LogP) is 3.27. The highest BCUT2D eigenvalue weighted by Gasteiger charge is 2.20. The molecule has 152 valence electrons. The fourth-order valence-electron chi connectivity index (χ4n) is 2.77. The van der Waals surface area contributed by atoms with E-state index < -0.39 is 0 Å². The monoisotopic (exact) mass is 411 g/mol. The average Bonchev–Trinajstić information content (AvgIpc) is 2.76. The van der Waals surface area contributed by atoms with Crippen LogP contribution >= 0.6 is 11.8 Å². The average molecular weight is 412 g/mol. The number of anilines is 1. The number of carbonyl (C=O) groups excluding carboxylic acids is 1. The highest BCUT2D eigenvalue weighted by atomic mass is 32.2. The number of rotatable bonds is 10. The molecular formula is C21H25N5O2S. The summed E-state index contributed by atoms with van der Waals surface area (Å²) in [5, 5.41) is 7.52. The third-order valence-electron chi connectivity index (χ3n) is 4.28. The van der Waals surface area contributed by atoms with Gasteiger partial charge in [-0.2, -0.15) is 0 Å². The van der Waals surface area contributed by atoms with Gasteiger partial charge in [0.15, 0.2) is 5.16 Å². The maximum atomic E-state index is 12.7. The molecule has 2 heterocycles. The predicted molar refractivity (Wildman–Crippen MR) is 116 cm³/mol. The number of thioether (sulfide) groups is 1. The van der Waals surface area contributed by atoms with Crippen LogP contribution in [0.4, 0.5) is 5.82 Å². The molecule has 0 bridgehead atoms. The van der Waals surface area contributed by atoms with E-state index in [9.17, 15) is 4.79 Å². The smallest absolute Gasteiger partial charge is 0.233 e. The van der Waals surface area contributed by atoms with E-state index in [1.165, 1.54) is 11.8 Å². The molecule has 0 unspecified atom stereocenters. The van der Waals surface area contributed by atoms with Crippen molar-refractivity contribution in [2.75, 3.05) is 25.6 Å². The van der Waals surface area contributed by atoms with Gasteiger partial charge in [0.2, 0.25) is 5.91 Å². The third kappa shape index (κ3) is 5.88. The Morgan fingerprint density at radius 1 is 1.21 bits per heavy atom. The lowest BCUT2D eigenvalue weighted by Crippen LogP contribution is -2.32. The second-order valence-electron chi connectivity index (χ2n) is 6.39. The van der Waals surface area contributed by atoms with Crippen molar-refractivity contribution in [2.45, 2.75) is 30.3 Å². The van der Waals surface area contributed by atoms with E-state index >= 15 is 0 Å². The van der Waals surface area contributed by atoms with Crippen LogP contribution in [0.2, 0.25) is 0 Å². The molecule has 29 heavy (non-hydrogen) atoms. The van der Waals surface area contributed by atoms with Crippen LogP contribution in [0.5, 0.6) is 0 Å². The molecule has 8 heteroatoms. The molecule has 0 saturated carbocycles. The number of carbonyl (C=O) groups is 1. The van der Waals surface area contributed by atoms with Crippen molar-refractivity contribution in [3.05, 3.63) is 54.4 Å². The van der Waals surface area contributed by atoms with Crippen LogP contribution in [0.3, 0.4) is 0 Å². The molecule has 0 fully saturated rings. The Kier molecular flexibility index (Phi) is 7.77. The van der Waals surface area contributed by atoms with Crippen molar-refractivity contribution in [3.63, 3.8) is 0 Å². The van der Waals surface area contributed by atoms with Gasteiger partial charge in [-0.25, -0.2) is 9.97 Å². The molecule has 0 radical (unpaired) electrons. The Morgan fingerprint density at radius 3 is 2.83 bits per heavy atom. The van der Waals surface area contributed by atoms with Gasteiger partial charge in [-0.05, 0) is 30.2 Å².